The molecule has 0 saturated carbocycles. The number of hydrogen-bond acceptors (Lipinski definition) is 3. The SMILES string of the molecule is C=Cc1cc(C)nc(Cc2c(F)cc(CC(N)=O)c3[nH]c4ccccc4c23)n1. The fourth-order valence-electron chi connectivity index (χ4n) is 3.63. The largest absolute Gasteiger partial charge is 0.369 e. The van der Waals surface area contributed by atoms with Gasteiger partial charge in [0.15, 0.2) is 0 Å². The number of hydrogen-bond donors (Lipinski definition) is 2. The van der Waals surface area contributed by atoms with Crippen molar-refractivity contribution in [2.75, 3.05) is 0 Å². The number of rotatable bonds is 5. The van der Waals surface area contributed by atoms with Gasteiger partial charge < -0.3 is 10.7 Å². The molecule has 2 heterocycles. The summed E-state index contributed by atoms with van der Waals surface area (Å²) in [4.78, 5) is 23.7. The zero-order valence-electron chi connectivity index (χ0n) is 15.4. The van der Waals surface area contributed by atoms with Gasteiger partial charge in [-0.3, -0.25) is 4.79 Å². The molecule has 0 saturated heterocycles. The summed E-state index contributed by atoms with van der Waals surface area (Å²) in [5.74, 6) is -0.397. The molecule has 0 spiro atoms. The summed E-state index contributed by atoms with van der Waals surface area (Å²) >= 11 is 0. The van der Waals surface area contributed by atoms with Gasteiger partial charge in [0.1, 0.15) is 11.6 Å². The Balaban J connectivity index is 1.98. The molecule has 3 N–H and O–H groups in total. The second-order valence-electron chi connectivity index (χ2n) is 6.79. The summed E-state index contributed by atoms with van der Waals surface area (Å²) in [6.07, 6.45) is 1.83. The van der Waals surface area contributed by atoms with Gasteiger partial charge in [-0.05, 0) is 36.8 Å². The van der Waals surface area contributed by atoms with Gasteiger partial charge in [-0.1, -0.05) is 24.8 Å². The number of primary amides is 1. The number of fused-ring (bicyclic) bond motifs is 3. The van der Waals surface area contributed by atoms with E-state index in [4.69, 9.17) is 5.73 Å². The minimum atomic E-state index is -0.509. The average molecular weight is 374 g/mol. The second-order valence-corrected chi connectivity index (χ2v) is 6.79. The molecule has 4 aromatic rings. The Morgan fingerprint density at radius 2 is 2.07 bits per heavy atom. The number of carbonyl (C=O) groups excluding carboxylic acids is 1. The molecule has 140 valence electrons. The van der Waals surface area contributed by atoms with Crippen LogP contribution in [0, 0.1) is 12.7 Å². The van der Waals surface area contributed by atoms with Crippen LogP contribution < -0.4 is 5.73 Å². The fraction of sp³-hybridized carbons (Fsp3) is 0.136. The number of H-pyrrole nitrogens is 1. The topological polar surface area (TPSA) is 84.7 Å². The highest BCUT2D eigenvalue weighted by Gasteiger charge is 2.19. The van der Waals surface area contributed by atoms with E-state index < -0.39 is 11.7 Å². The van der Waals surface area contributed by atoms with Gasteiger partial charge in [0, 0.05) is 34.0 Å². The Hall–Kier alpha value is -3.54. The Bertz CT molecular complexity index is 1240. The number of benzene rings is 2. The number of amides is 1. The van der Waals surface area contributed by atoms with Crippen molar-refractivity contribution >= 4 is 33.8 Å². The predicted octanol–water partition coefficient (Wildman–Crippen LogP) is 3.82. The fourth-order valence-corrected chi connectivity index (χ4v) is 3.63. The maximum atomic E-state index is 15.2. The normalized spacial score (nSPS) is 11.2. The van der Waals surface area contributed by atoms with E-state index in [2.05, 4.69) is 21.5 Å². The molecule has 0 bridgehead atoms. The molecular weight excluding hydrogens is 355 g/mol. The van der Waals surface area contributed by atoms with Gasteiger partial charge in [-0.2, -0.15) is 0 Å². The summed E-state index contributed by atoms with van der Waals surface area (Å²) in [5, 5.41) is 1.62. The molecule has 5 nitrogen and oxygen atoms in total. The van der Waals surface area contributed by atoms with Gasteiger partial charge in [0.2, 0.25) is 5.91 Å². The van der Waals surface area contributed by atoms with Crippen molar-refractivity contribution in [1.82, 2.24) is 15.0 Å². The standard InChI is InChI=1S/C22H19FN4O/c1-3-14-8-12(2)25-20(26-14)11-16-17(23)9-13(10-19(24)28)22-21(16)15-6-4-5-7-18(15)27-22/h3-9,27H,1,10-11H2,2H3,(H2,24,28). The van der Waals surface area contributed by atoms with E-state index in [1.165, 1.54) is 6.07 Å². The molecule has 0 atom stereocenters. The number of halogens is 1. The first-order valence-electron chi connectivity index (χ1n) is 8.92. The van der Waals surface area contributed by atoms with Crippen LogP contribution in [0.4, 0.5) is 4.39 Å². The van der Waals surface area contributed by atoms with Crippen molar-refractivity contribution in [3.8, 4) is 0 Å². The molecule has 0 radical (unpaired) electrons. The number of nitrogens with zero attached hydrogens (tertiary/aromatic N) is 2. The number of nitrogens with one attached hydrogen (secondary N) is 1. The third kappa shape index (κ3) is 3.13. The highest BCUT2D eigenvalue weighted by molar-refractivity contribution is 6.10. The molecule has 0 aliphatic rings. The molecule has 6 heteroatoms. The quantitative estimate of drug-likeness (QED) is 0.557. The van der Waals surface area contributed by atoms with E-state index in [0.717, 1.165) is 22.0 Å². The highest BCUT2D eigenvalue weighted by Crippen LogP contribution is 2.33. The smallest absolute Gasteiger partial charge is 0.221 e. The minimum absolute atomic E-state index is 0.0396. The lowest BCUT2D eigenvalue weighted by Gasteiger charge is -2.10. The molecule has 2 aromatic heterocycles. The van der Waals surface area contributed by atoms with Gasteiger partial charge in [0.05, 0.1) is 17.6 Å². The molecule has 2 aromatic carbocycles. The lowest BCUT2D eigenvalue weighted by atomic mass is 9.98. The first-order valence-corrected chi connectivity index (χ1v) is 8.92. The number of para-hydroxylation sites is 1. The number of aromatic nitrogens is 3. The molecule has 0 aliphatic carbocycles. The lowest BCUT2D eigenvalue weighted by molar-refractivity contribution is -0.117. The molecule has 0 unspecified atom stereocenters. The third-order valence-corrected chi connectivity index (χ3v) is 4.75. The number of aromatic amines is 1. The molecule has 0 aliphatic heterocycles. The van der Waals surface area contributed by atoms with Crippen molar-refractivity contribution in [2.45, 2.75) is 19.8 Å². The Kier molecular flexibility index (Phi) is 4.39. The molecular formula is C22H19FN4O. The average Bonchev–Trinajstić information content (AvgIpc) is 3.04. The van der Waals surface area contributed by atoms with Crippen molar-refractivity contribution in [1.29, 1.82) is 0 Å². The van der Waals surface area contributed by atoms with Gasteiger partial charge in [-0.15, -0.1) is 0 Å². The van der Waals surface area contributed by atoms with E-state index in [-0.39, 0.29) is 12.8 Å². The summed E-state index contributed by atoms with van der Waals surface area (Å²) in [5.41, 5.74) is 9.46. The summed E-state index contributed by atoms with van der Waals surface area (Å²) in [6.45, 7) is 5.61. The lowest BCUT2D eigenvalue weighted by Crippen LogP contribution is -2.14. The first kappa shape index (κ1) is 17.9. The van der Waals surface area contributed by atoms with Crippen molar-refractivity contribution < 1.29 is 9.18 Å². The van der Waals surface area contributed by atoms with Crippen LogP contribution >= 0.6 is 0 Å². The van der Waals surface area contributed by atoms with Crippen molar-refractivity contribution in [2.24, 2.45) is 5.73 Å². The van der Waals surface area contributed by atoms with E-state index in [9.17, 15) is 4.79 Å². The summed E-state index contributed by atoms with van der Waals surface area (Å²) in [7, 11) is 0. The predicted molar refractivity (Wildman–Crippen MR) is 108 cm³/mol. The second kappa shape index (κ2) is 6.88. The van der Waals surface area contributed by atoms with Gasteiger partial charge >= 0.3 is 0 Å². The summed E-state index contributed by atoms with van der Waals surface area (Å²) in [6, 6.07) is 10.9. The molecule has 28 heavy (non-hydrogen) atoms. The zero-order chi connectivity index (χ0) is 19.8. The van der Waals surface area contributed by atoms with Gasteiger partial charge in [-0.25, -0.2) is 14.4 Å². The van der Waals surface area contributed by atoms with E-state index in [0.29, 0.717) is 28.2 Å². The number of aryl methyl sites for hydroxylation is 1. The number of nitrogens with two attached hydrogens (primary N) is 1. The highest BCUT2D eigenvalue weighted by atomic mass is 19.1. The Morgan fingerprint density at radius 1 is 1.29 bits per heavy atom. The molecule has 4 rings (SSSR count). The van der Waals surface area contributed by atoms with Crippen LogP contribution in [-0.2, 0) is 17.6 Å². The Morgan fingerprint density at radius 3 is 2.82 bits per heavy atom. The van der Waals surface area contributed by atoms with Crippen LogP contribution in [-0.4, -0.2) is 20.9 Å². The van der Waals surface area contributed by atoms with Crippen LogP contribution in [0.15, 0.2) is 43.0 Å². The zero-order valence-corrected chi connectivity index (χ0v) is 15.4. The van der Waals surface area contributed by atoms with Crippen LogP contribution in [0.1, 0.15) is 28.3 Å². The van der Waals surface area contributed by atoms with E-state index in [1.807, 2.05) is 37.3 Å². The molecule has 1 amide bonds. The van der Waals surface area contributed by atoms with Gasteiger partial charge in [0.25, 0.3) is 0 Å². The van der Waals surface area contributed by atoms with Crippen LogP contribution in [0.5, 0.6) is 0 Å². The van der Waals surface area contributed by atoms with Crippen molar-refractivity contribution in [3.63, 3.8) is 0 Å². The Labute approximate surface area is 161 Å². The molecule has 0 fully saturated rings. The maximum Gasteiger partial charge on any atom is 0.221 e. The monoisotopic (exact) mass is 374 g/mol. The number of carbonyl (C=O) groups is 1. The van der Waals surface area contributed by atoms with Crippen LogP contribution in [0.3, 0.4) is 0 Å². The first-order chi connectivity index (χ1) is 13.5. The van der Waals surface area contributed by atoms with Crippen LogP contribution in [0.25, 0.3) is 27.9 Å². The third-order valence-electron chi connectivity index (χ3n) is 4.75. The minimum Gasteiger partial charge on any atom is -0.369 e. The van der Waals surface area contributed by atoms with Crippen LogP contribution in [0.2, 0.25) is 0 Å². The summed E-state index contributed by atoms with van der Waals surface area (Å²) < 4.78 is 15.2. The van der Waals surface area contributed by atoms with Crippen molar-refractivity contribution in [3.05, 3.63) is 77.1 Å². The van der Waals surface area contributed by atoms with E-state index in [1.54, 1.807) is 6.08 Å². The maximum absolute atomic E-state index is 15.2. The van der Waals surface area contributed by atoms with E-state index >= 15 is 4.39 Å².